The monoisotopic (exact) mass is 362 g/mol. The Hall–Kier alpha value is -3.29. The molecule has 0 atom stereocenters. The molecule has 0 aromatic heterocycles. The average Bonchev–Trinajstić information content (AvgIpc) is 2.61. The van der Waals surface area contributed by atoms with Gasteiger partial charge in [0.2, 0.25) is 5.91 Å². The minimum atomic E-state index is -0.972. The molecular formula is C18H16F2N2O4. The topological polar surface area (TPSA) is 75.7 Å². The van der Waals surface area contributed by atoms with Crippen LogP contribution in [0.15, 0.2) is 48.5 Å². The van der Waals surface area contributed by atoms with E-state index in [-0.39, 0.29) is 12.1 Å². The van der Waals surface area contributed by atoms with Crippen LogP contribution >= 0.6 is 0 Å². The van der Waals surface area contributed by atoms with Gasteiger partial charge in [-0.15, -0.1) is 0 Å². The van der Waals surface area contributed by atoms with Crippen LogP contribution in [-0.2, 0) is 14.3 Å². The number of hydrogen-bond acceptors (Lipinski definition) is 4. The molecule has 0 bridgehead atoms. The molecule has 0 radical (unpaired) electrons. The van der Waals surface area contributed by atoms with Gasteiger partial charge in [0, 0.05) is 12.7 Å². The molecule has 0 saturated carbocycles. The molecule has 0 aliphatic rings. The first-order valence-corrected chi connectivity index (χ1v) is 7.58. The van der Waals surface area contributed by atoms with Crippen molar-refractivity contribution in [2.45, 2.75) is 0 Å². The van der Waals surface area contributed by atoms with E-state index in [2.05, 4.69) is 5.32 Å². The first-order chi connectivity index (χ1) is 12.4. The Morgan fingerprint density at radius 3 is 2.35 bits per heavy atom. The number of hydrogen-bond donors (Lipinski definition) is 1. The maximum absolute atomic E-state index is 13.5. The number of nitrogens with one attached hydrogen (secondary N) is 1. The standard InChI is InChI=1S/C18H16F2N2O4/c1-22(10-16(23)21-13-8-6-12(19)7-9-13)17(24)11-26-18(25)14-4-2-3-5-15(14)20/h2-9H,10-11H2,1H3,(H,21,23). The predicted octanol–water partition coefficient (Wildman–Crippen LogP) is 2.22. The molecule has 0 aliphatic heterocycles. The summed E-state index contributed by atoms with van der Waals surface area (Å²) >= 11 is 0. The van der Waals surface area contributed by atoms with Crippen LogP contribution < -0.4 is 5.32 Å². The van der Waals surface area contributed by atoms with Gasteiger partial charge in [-0.25, -0.2) is 13.6 Å². The number of carbonyl (C=O) groups is 3. The normalized spacial score (nSPS) is 10.1. The van der Waals surface area contributed by atoms with Crippen LogP contribution in [0.25, 0.3) is 0 Å². The maximum atomic E-state index is 13.5. The predicted molar refractivity (Wildman–Crippen MR) is 89.3 cm³/mol. The number of halogens is 2. The molecular weight excluding hydrogens is 346 g/mol. The zero-order chi connectivity index (χ0) is 19.1. The second-order valence-electron chi connectivity index (χ2n) is 5.36. The summed E-state index contributed by atoms with van der Waals surface area (Å²) in [5.74, 6) is -3.30. The highest BCUT2D eigenvalue weighted by Gasteiger charge is 2.17. The molecule has 2 aromatic rings. The molecule has 26 heavy (non-hydrogen) atoms. The number of benzene rings is 2. The second-order valence-corrected chi connectivity index (χ2v) is 5.36. The van der Waals surface area contributed by atoms with Gasteiger partial charge >= 0.3 is 5.97 Å². The Bertz CT molecular complexity index is 809. The molecule has 0 aliphatic carbocycles. The minimum Gasteiger partial charge on any atom is -0.452 e. The second kappa shape index (κ2) is 8.70. The van der Waals surface area contributed by atoms with Gasteiger partial charge < -0.3 is 15.0 Å². The van der Waals surface area contributed by atoms with Gasteiger partial charge in [-0.05, 0) is 36.4 Å². The van der Waals surface area contributed by atoms with Gasteiger partial charge in [0.15, 0.2) is 6.61 Å². The Morgan fingerprint density at radius 2 is 1.69 bits per heavy atom. The largest absolute Gasteiger partial charge is 0.452 e. The number of likely N-dealkylation sites (N-methyl/N-ethyl adjacent to an activating group) is 1. The highest BCUT2D eigenvalue weighted by Crippen LogP contribution is 2.09. The van der Waals surface area contributed by atoms with E-state index in [1.54, 1.807) is 0 Å². The van der Waals surface area contributed by atoms with Crippen molar-refractivity contribution in [1.29, 1.82) is 0 Å². The summed E-state index contributed by atoms with van der Waals surface area (Å²) in [5, 5.41) is 2.50. The fourth-order valence-corrected chi connectivity index (χ4v) is 1.98. The quantitative estimate of drug-likeness (QED) is 0.800. The Kier molecular flexibility index (Phi) is 6.37. The van der Waals surface area contributed by atoms with Gasteiger partial charge in [0.1, 0.15) is 11.6 Å². The van der Waals surface area contributed by atoms with Gasteiger partial charge in [0.25, 0.3) is 5.91 Å². The Labute approximate surface area is 148 Å². The van der Waals surface area contributed by atoms with Crippen molar-refractivity contribution in [2.75, 3.05) is 25.5 Å². The van der Waals surface area contributed by atoms with Crippen molar-refractivity contribution in [2.24, 2.45) is 0 Å². The smallest absolute Gasteiger partial charge is 0.341 e. The summed E-state index contributed by atoms with van der Waals surface area (Å²) in [7, 11) is 1.35. The molecule has 2 amide bonds. The molecule has 0 heterocycles. The summed E-state index contributed by atoms with van der Waals surface area (Å²) in [6.07, 6.45) is 0. The maximum Gasteiger partial charge on any atom is 0.341 e. The fourth-order valence-electron chi connectivity index (χ4n) is 1.98. The van der Waals surface area contributed by atoms with Crippen molar-refractivity contribution in [3.63, 3.8) is 0 Å². The molecule has 0 spiro atoms. The number of esters is 1. The molecule has 136 valence electrons. The van der Waals surface area contributed by atoms with Crippen LogP contribution in [-0.4, -0.2) is 42.9 Å². The third kappa shape index (κ3) is 5.37. The third-order valence-corrected chi connectivity index (χ3v) is 3.36. The first kappa shape index (κ1) is 19.0. The van der Waals surface area contributed by atoms with Crippen molar-refractivity contribution in [3.8, 4) is 0 Å². The lowest BCUT2D eigenvalue weighted by Crippen LogP contribution is -2.37. The molecule has 0 fully saturated rings. The Morgan fingerprint density at radius 1 is 1.04 bits per heavy atom. The lowest BCUT2D eigenvalue weighted by Gasteiger charge is -2.16. The molecule has 1 N–H and O–H groups in total. The molecule has 0 unspecified atom stereocenters. The average molecular weight is 362 g/mol. The van der Waals surface area contributed by atoms with Crippen LogP contribution in [0, 0.1) is 11.6 Å². The summed E-state index contributed by atoms with van der Waals surface area (Å²) in [6, 6.07) is 10.4. The minimum absolute atomic E-state index is 0.281. The van der Waals surface area contributed by atoms with Crippen molar-refractivity contribution in [1.82, 2.24) is 4.90 Å². The van der Waals surface area contributed by atoms with Crippen LogP contribution in [0.1, 0.15) is 10.4 Å². The first-order valence-electron chi connectivity index (χ1n) is 7.58. The highest BCUT2D eigenvalue weighted by molar-refractivity contribution is 5.95. The van der Waals surface area contributed by atoms with Gasteiger partial charge in [-0.1, -0.05) is 12.1 Å². The van der Waals surface area contributed by atoms with Crippen LogP contribution in [0.4, 0.5) is 14.5 Å². The number of anilines is 1. The van der Waals surface area contributed by atoms with E-state index in [4.69, 9.17) is 4.74 Å². The van der Waals surface area contributed by atoms with E-state index in [1.807, 2.05) is 0 Å². The summed E-state index contributed by atoms with van der Waals surface area (Å²) in [6.45, 7) is -0.930. The number of rotatable bonds is 6. The van der Waals surface area contributed by atoms with E-state index < -0.39 is 36.0 Å². The van der Waals surface area contributed by atoms with Crippen LogP contribution in [0.3, 0.4) is 0 Å². The molecule has 6 nitrogen and oxygen atoms in total. The van der Waals surface area contributed by atoms with E-state index in [0.29, 0.717) is 5.69 Å². The van der Waals surface area contributed by atoms with Gasteiger partial charge in [-0.2, -0.15) is 0 Å². The molecule has 2 aromatic carbocycles. The number of amides is 2. The summed E-state index contributed by atoms with van der Waals surface area (Å²) in [4.78, 5) is 36.6. The fraction of sp³-hybridized carbons (Fsp3) is 0.167. The van der Waals surface area contributed by atoms with Crippen molar-refractivity contribution < 1.29 is 27.9 Å². The lowest BCUT2D eigenvalue weighted by atomic mass is 10.2. The highest BCUT2D eigenvalue weighted by atomic mass is 19.1. The number of nitrogens with zero attached hydrogens (tertiary/aromatic N) is 1. The van der Waals surface area contributed by atoms with Crippen molar-refractivity contribution >= 4 is 23.5 Å². The van der Waals surface area contributed by atoms with Gasteiger partial charge in [0.05, 0.1) is 12.1 Å². The summed E-state index contributed by atoms with van der Waals surface area (Å²) in [5.41, 5.74) is 0.0974. The van der Waals surface area contributed by atoms with Crippen LogP contribution in [0.5, 0.6) is 0 Å². The zero-order valence-corrected chi connectivity index (χ0v) is 13.9. The molecule has 8 heteroatoms. The number of carbonyl (C=O) groups excluding carboxylic acids is 3. The molecule has 2 rings (SSSR count). The van der Waals surface area contributed by atoms with E-state index >= 15 is 0 Å². The van der Waals surface area contributed by atoms with E-state index in [0.717, 1.165) is 11.0 Å². The summed E-state index contributed by atoms with van der Waals surface area (Å²) < 4.78 is 31.0. The Balaban J connectivity index is 1.81. The zero-order valence-electron chi connectivity index (χ0n) is 13.9. The number of ether oxygens (including phenoxy) is 1. The SMILES string of the molecule is CN(CC(=O)Nc1ccc(F)cc1)C(=O)COC(=O)c1ccccc1F. The van der Waals surface area contributed by atoms with E-state index in [9.17, 15) is 23.2 Å². The van der Waals surface area contributed by atoms with E-state index in [1.165, 1.54) is 49.5 Å². The third-order valence-electron chi connectivity index (χ3n) is 3.36. The van der Waals surface area contributed by atoms with Crippen molar-refractivity contribution in [3.05, 3.63) is 65.7 Å². The van der Waals surface area contributed by atoms with Crippen LogP contribution in [0.2, 0.25) is 0 Å². The lowest BCUT2D eigenvalue weighted by molar-refractivity contribution is -0.136. The molecule has 0 saturated heterocycles. The van der Waals surface area contributed by atoms with Gasteiger partial charge in [-0.3, -0.25) is 9.59 Å².